The first-order chi connectivity index (χ1) is 38.9. The van der Waals surface area contributed by atoms with Crippen LogP contribution in [0.5, 0.6) is 0 Å². The maximum Gasteiger partial charge on any atom is 0.508 e. The number of amides is 1. The summed E-state index contributed by atoms with van der Waals surface area (Å²) in [6.45, 7) is 17.8. The zero-order valence-corrected chi connectivity index (χ0v) is 48.3. The number of hydrogen-bond donors (Lipinski definition) is 2. The topological polar surface area (TPSA) is 235 Å². The third-order valence-corrected chi connectivity index (χ3v) is 15.3. The van der Waals surface area contributed by atoms with Gasteiger partial charge in [-0.25, -0.2) is 24.0 Å². The Morgan fingerprint density at radius 2 is 1.09 bits per heavy atom. The van der Waals surface area contributed by atoms with Crippen LogP contribution < -0.4 is 22.5 Å². The molecule has 4 aliphatic rings. The van der Waals surface area contributed by atoms with Crippen LogP contribution in [-0.4, -0.2) is 134 Å². The van der Waals surface area contributed by atoms with Crippen LogP contribution in [0.1, 0.15) is 146 Å². The average Bonchev–Trinajstić information content (AvgIpc) is 4.30. The summed E-state index contributed by atoms with van der Waals surface area (Å²) in [5.74, 6) is 0.683. The number of benzene rings is 2. The van der Waals surface area contributed by atoms with Crippen LogP contribution in [-0.2, 0) is 46.2 Å². The monoisotopic (exact) mass is 1130 g/mol. The number of piperidine rings is 1. The van der Waals surface area contributed by atoms with Gasteiger partial charge in [0.15, 0.2) is 0 Å². The highest BCUT2D eigenvalue weighted by Gasteiger charge is 2.40. The van der Waals surface area contributed by atoms with Crippen LogP contribution in [0, 0.1) is 19.8 Å². The predicted molar refractivity (Wildman–Crippen MR) is 303 cm³/mol. The Morgan fingerprint density at radius 3 is 1.54 bits per heavy atom. The molecule has 2 N–H and O–H groups in total. The Balaban J connectivity index is 0.000000237. The molecule has 3 aliphatic heterocycles. The first-order valence-corrected chi connectivity index (χ1v) is 29.0. The second kappa shape index (κ2) is 30.0. The molecule has 1 aliphatic carbocycles. The van der Waals surface area contributed by atoms with Gasteiger partial charge in [-0.2, -0.15) is 0 Å². The Bertz CT molecular complexity index is 2880. The van der Waals surface area contributed by atoms with Crippen molar-refractivity contribution >= 4 is 18.4 Å². The summed E-state index contributed by atoms with van der Waals surface area (Å²) in [5.41, 5.74) is 0.576. The summed E-state index contributed by atoms with van der Waals surface area (Å²) in [6, 6.07) is 20.4. The summed E-state index contributed by atoms with van der Waals surface area (Å²) in [5, 5.41) is 0. The standard InChI is InChI=1S/C32H46N4O8.C28H39N3O6/c1-6-25-26(18-27(42-25)36-19-22(2)28(37)33-29(36)38)43-31(40)41-17-16-34(20-23-12-8-7-9-13-23)21-24-14-10-11-15-35(24)30(39)44-32(3,4)5;1-3-23-24(16-25(36-23)31-17-20(2)26(32)29-27(31)33)37-28(34)35-15-14-30(18-21-10-6-4-7-11-21)19-22-12-8-5-9-13-22/h7-9,12-13,19,24-27H,6,10-11,14-18,20-21H2,1-5H3,(H,33,37,38);4,6-7,10-11,17,22-25H,3,5,8-9,12-16,18-19H2,1-2H3,(H,29,32,33)/t24?,25-,26-,27-;23-,24-,25-/m11/s1. The molecule has 0 bridgehead atoms. The summed E-state index contributed by atoms with van der Waals surface area (Å²) in [7, 11) is 0. The molecular weight excluding hydrogens is 1040 g/mol. The van der Waals surface area contributed by atoms with Crippen molar-refractivity contribution in [2.24, 2.45) is 5.92 Å². The molecule has 1 amide bonds. The maximum atomic E-state index is 13.0. The first kappa shape index (κ1) is 62.1. The van der Waals surface area contributed by atoms with E-state index in [1.54, 1.807) is 13.8 Å². The number of carbonyl (C=O) groups is 3. The van der Waals surface area contributed by atoms with Crippen molar-refractivity contribution in [1.29, 1.82) is 0 Å². The molecule has 21 heteroatoms. The van der Waals surface area contributed by atoms with E-state index < -0.39 is 71.2 Å². The molecule has 1 unspecified atom stereocenters. The highest BCUT2D eigenvalue weighted by atomic mass is 16.7. The average molecular weight is 1130 g/mol. The molecule has 4 aromatic rings. The van der Waals surface area contributed by atoms with Gasteiger partial charge in [-0.15, -0.1) is 0 Å². The molecule has 5 heterocycles. The number of hydrogen-bond acceptors (Lipinski definition) is 16. The van der Waals surface area contributed by atoms with E-state index >= 15 is 0 Å². The lowest BCUT2D eigenvalue weighted by molar-refractivity contribution is -0.0386. The van der Waals surface area contributed by atoms with E-state index in [1.165, 1.54) is 59.2 Å². The van der Waals surface area contributed by atoms with Crippen LogP contribution >= 0.6 is 0 Å². The van der Waals surface area contributed by atoms with Gasteiger partial charge in [-0.05, 0) is 96.6 Å². The minimum Gasteiger partial charge on any atom is -0.444 e. The molecular formula is C60H85N7O14. The number of aryl methyl sites for hydroxylation is 2. The van der Waals surface area contributed by atoms with Gasteiger partial charge in [0, 0.05) is 88.2 Å². The first-order valence-electron chi connectivity index (χ1n) is 29.0. The maximum absolute atomic E-state index is 13.0. The van der Waals surface area contributed by atoms with E-state index in [-0.39, 0.29) is 37.9 Å². The summed E-state index contributed by atoms with van der Waals surface area (Å²) in [6.07, 6.45) is 8.84. The second-order valence-electron chi connectivity index (χ2n) is 22.8. The van der Waals surface area contributed by atoms with E-state index in [2.05, 4.69) is 31.9 Å². The Hall–Kier alpha value is -6.55. The fourth-order valence-corrected chi connectivity index (χ4v) is 11.1. The number of nitrogens with zero attached hydrogens (tertiary/aromatic N) is 5. The molecule has 4 fully saturated rings. The Kier molecular flexibility index (Phi) is 22.9. The van der Waals surface area contributed by atoms with Crippen LogP contribution in [0.15, 0.2) is 92.2 Å². The molecule has 8 rings (SSSR count). The molecule has 1 saturated carbocycles. The van der Waals surface area contributed by atoms with Crippen molar-refractivity contribution in [3.8, 4) is 0 Å². The van der Waals surface area contributed by atoms with Crippen LogP contribution in [0.2, 0.25) is 0 Å². The van der Waals surface area contributed by atoms with E-state index in [9.17, 15) is 33.6 Å². The molecule has 21 nitrogen and oxygen atoms in total. The van der Waals surface area contributed by atoms with E-state index in [0.29, 0.717) is 69.0 Å². The number of H-pyrrole nitrogens is 2. The second-order valence-corrected chi connectivity index (χ2v) is 22.8. The van der Waals surface area contributed by atoms with Crippen LogP contribution in [0.3, 0.4) is 0 Å². The predicted octanol–water partition coefficient (Wildman–Crippen LogP) is 8.50. The fourth-order valence-electron chi connectivity index (χ4n) is 11.1. The summed E-state index contributed by atoms with van der Waals surface area (Å²) in [4.78, 5) is 97.4. The van der Waals surface area contributed by atoms with E-state index in [1.807, 2.05) is 88.0 Å². The van der Waals surface area contributed by atoms with Crippen LogP contribution in [0.25, 0.3) is 0 Å². The molecule has 2 aromatic carbocycles. The van der Waals surface area contributed by atoms with Gasteiger partial charge in [0.05, 0.1) is 12.2 Å². The normalized spacial score (nSPS) is 22.2. The highest BCUT2D eigenvalue weighted by molar-refractivity contribution is 5.68. The number of nitrogens with one attached hydrogen (secondary N) is 2. The minimum atomic E-state index is -0.810. The zero-order valence-electron chi connectivity index (χ0n) is 48.3. The van der Waals surface area contributed by atoms with Crippen molar-refractivity contribution in [2.75, 3.05) is 45.9 Å². The lowest BCUT2D eigenvalue weighted by atomic mass is 9.89. The third-order valence-electron chi connectivity index (χ3n) is 15.3. The van der Waals surface area contributed by atoms with Gasteiger partial charge >= 0.3 is 29.8 Å². The lowest BCUT2D eigenvalue weighted by Gasteiger charge is -2.39. The highest BCUT2D eigenvalue weighted by Crippen LogP contribution is 2.33. The molecule has 7 atom stereocenters. The fraction of sp³-hybridized carbons (Fsp3) is 0.617. The van der Waals surface area contributed by atoms with Gasteiger partial charge in [0.1, 0.15) is 43.5 Å². The molecule has 444 valence electrons. The minimum absolute atomic E-state index is 0.0212. The summed E-state index contributed by atoms with van der Waals surface area (Å²) >= 11 is 0. The Morgan fingerprint density at radius 1 is 0.630 bits per heavy atom. The van der Waals surface area contributed by atoms with Crippen molar-refractivity contribution in [3.05, 3.63) is 137 Å². The van der Waals surface area contributed by atoms with Gasteiger partial charge in [-0.1, -0.05) is 93.8 Å². The molecule has 81 heavy (non-hydrogen) atoms. The quantitative estimate of drug-likeness (QED) is 0.0623. The SMILES string of the molecule is CC[C@H]1O[C@@H](n2cc(C)c(=O)[nH]c2=O)C[C@H]1OC(=O)OCCN(Cc1ccccc1)CC1CCCCC1.CC[C@H]1O[C@@H](n2cc(C)c(=O)[nH]c2=O)C[C@H]1OC(=O)OCCN(Cc1ccccc1)CC1CCCCN1C(=O)OC(C)(C)C. The molecule has 0 spiro atoms. The Labute approximate surface area is 474 Å². The van der Waals surface area contributed by atoms with E-state index in [0.717, 1.165) is 37.9 Å². The lowest BCUT2D eigenvalue weighted by Crippen LogP contribution is -2.51. The van der Waals surface area contributed by atoms with Crippen LogP contribution in [0.4, 0.5) is 14.4 Å². The number of aromatic nitrogens is 4. The van der Waals surface area contributed by atoms with Gasteiger partial charge in [0.2, 0.25) is 0 Å². The molecule has 3 saturated heterocycles. The third kappa shape index (κ3) is 18.7. The van der Waals surface area contributed by atoms with Crippen molar-refractivity contribution in [1.82, 2.24) is 33.8 Å². The number of likely N-dealkylation sites (tertiary alicyclic amines) is 1. The van der Waals surface area contributed by atoms with Crippen molar-refractivity contribution in [2.45, 2.75) is 187 Å². The number of rotatable bonds is 20. The number of carbonyl (C=O) groups excluding carboxylic acids is 3. The van der Waals surface area contributed by atoms with Crippen molar-refractivity contribution in [3.63, 3.8) is 0 Å². The smallest absolute Gasteiger partial charge is 0.444 e. The molecule has 2 aromatic heterocycles. The van der Waals surface area contributed by atoms with Gasteiger partial charge in [0.25, 0.3) is 11.1 Å². The number of aromatic amines is 2. The van der Waals surface area contributed by atoms with Crippen molar-refractivity contribution < 1.29 is 47.5 Å². The summed E-state index contributed by atoms with van der Waals surface area (Å²) < 4.78 is 42.6. The van der Waals surface area contributed by atoms with Gasteiger partial charge < -0.3 is 38.1 Å². The largest absolute Gasteiger partial charge is 0.508 e. The zero-order chi connectivity index (χ0) is 58.1. The van der Waals surface area contributed by atoms with E-state index in [4.69, 9.17) is 33.2 Å². The number of ether oxygens (including phenoxy) is 7. The van der Waals surface area contributed by atoms with Gasteiger partial charge in [-0.3, -0.25) is 38.5 Å². The molecule has 0 radical (unpaired) electrons.